The summed E-state index contributed by atoms with van der Waals surface area (Å²) in [5.74, 6) is 2.27. The molecular formula is C30H50O4. The molecule has 5 aliphatic rings. The highest BCUT2D eigenvalue weighted by Crippen LogP contribution is 2.74. The fourth-order valence-electron chi connectivity index (χ4n) is 11.0. The maximum absolute atomic E-state index is 13.0. The van der Waals surface area contributed by atoms with E-state index in [4.69, 9.17) is 4.74 Å². The van der Waals surface area contributed by atoms with Crippen molar-refractivity contribution in [1.29, 1.82) is 0 Å². The highest BCUT2D eigenvalue weighted by molar-refractivity contribution is 5.75. The fraction of sp³-hybridized carbons (Fsp3) is 0.967. The van der Waals surface area contributed by atoms with Crippen molar-refractivity contribution in [2.75, 3.05) is 0 Å². The second-order valence-corrected chi connectivity index (χ2v) is 14.9. The van der Waals surface area contributed by atoms with Crippen molar-refractivity contribution in [3.05, 3.63) is 0 Å². The molecule has 0 bridgehead atoms. The average Bonchev–Trinajstić information content (AvgIpc) is 3.26. The minimum Gasteiger partial charge on any atom is -0.462 e. The predicted octanol–water partition coefficient (Wildman–Crippen LogP) is 5.98. The molecule has 0 spiro atoms. The highest BCUT2D eigenvalue weighted by Gasteiger charge is 2.70. The van der Waals surface area contributed by atoms with E-state index in [2.05, 4.69) is 48.5 Å². The molecule has 4 saturated carbocycles. The Hall–Kier alpha value is -0.610. The molecule has 34 heavy (non-hydrogen) atoms. The van der Waals surface area contributed by atoms with Crippen LogP contribution in [0.4, 0.5) is 0 Å². The van der Waals surface area contributed by atoms with Gasteiger partial charge in [0, 0.05) is 5.41 Å². The van der Waals surface area contributed by atoms with Crippen LogP contribution >= 0.6 is 0 Å². The van der Waals surface area contributed by atoms with Crippen LogP contribution in [0, 0.1) is 57.2 Å². The maximum Gasteiger partial charge on any atom is 0.309 e. The molecule has 1 saturated heterocycles. The summed E-state index contributed by atoms with van der Waals surface area (Å²) in [7, 11) is 0. The quantitative estimate of drug-likeness (QED) is 0.494. The van der Waals surface area contributed by atoms with Crippen molar-refractivity contribution in [2.45, 2.75) is 125 Å². The number of ether oxygens (including phenoxy) is 1. The van der Waals surface area contributed by atoms with Gasteiger partial charge in [-0.25, -0.2) is 0 Å². The normalized spacial score (nSPS) is 54.4. The summed E-state index contributed by atoms with van der Waals surface area (Å²) in [5, 5.41) is 22.7. The van der Waals surface area contributed by atoms with Crippen molar-refractivity contribution in [3.8, 4) is 0 Å². The largest absolute Gasteiger partial charge is 0.462 e. The third-order valence-electron chi connectivity index (χ3n) is 12.7. The first kappa shape index (κ1) is 25.1. The Morgan fingerprint density at radius 2 is 1.50 bits per heavy atom. The standard InChI is InChI=1S/C30H50O4/c1-17(2)14-18-15-19(26(33)34-18)20-8-9-21-28(20,5)12-10-22-29(6)13-11-24(31)27(3,4)23(29)16-25(32)30(21,22)7/h17-25,31-32H,8-16H2,1-7H3/t18-,19+,20-,21?,22?,23?,24-,25?,28?,29+,30-/m0/s1. The van der Waals surface area contributed by atoms with Crippen LogP contribution in [0.3, 0.4) is 0 Å². The molecule has 5 fully saturated rings. The van der Waals surface area contributed by atoms with Crippen LogP contribution in [0.15, 0.2) is 0 Å². The van der Waals surface area contributed by atoms with E-state index in [1.807, 2.05) is 0 Å². The van der Waals surface area contributed by atoms with Crippen LogP contribution < -0.4 is 0 Å². The molecule has 194 valence electrons. The van der Waals surface area contributed by atoms with Crippen molar-refractivity contribution < 1.29 is 19.7 Å². The zero-order chi connectivity index (χ0) is 24.8. The van der Waals surface area contributed by atoms with E-state index in [0.29, 0.717) is 29.6 Å². The molecule has 11 atom stereocenters. The van der Waals surface area contributed by atoms with E-state index < -0.39 is 0 Å². The zero-order valence-electron chi connectivity index (χ0n) is 22.8. The van der Waals surface area contributed by atoms with Gasteiger partial charge in [-0.15, -0.1) is 0 Å². The minimum absolute atomic E-state index is 0.0340. The molecule has 4 heteroatoms. The van der Waals surface area contributed by atoms with Crippen molar-refractivity contribution >= 4 is 5.97 Å². The Bertz CT molecular complexity index is 821. The lowest BCUT2D eigenvalue weighted by Crippen LogP contribution is -2.67. The molecule has 1 heterocycles. The summed E-state index contributed by atoms with van der Waals surface area (Å²) in [4.78, 5) is 13.0. The molecule has 0 aromatic rings. The van der Waals surface area contributed by atoms with Gasteiger partial charge in [0.05, 0.1) is 18.1 Å². The summed E-state index contributed by atoms with van der Waals surface area (Å²) < 4.78 is 5.88. The first-order chi connectivity index (χ1) is 15.8. The molecular weight excluding hydrogens is 424 g/mol. The Balaban J connectivity index is 1.44. The maximum atomic E-state index is 13.0. The fourth-order valence-corrected chi connectivity index (χ4v) is 11.0. The summed E-state index contributed by atoms with van der Waals surface area (Å²) in [6.07, 6.45) is 8.56. The number of aliphatic hydroxyl groups excluding tert-OH is 2. The lowest BCUT2D eigenvalue weighted by Gasteiger charge is -2.69. The molecule has 2 N–H and O–H groups in total. The molecule has 0 amide bonds. The zero-order valence-corrected chi connectivity index (χ0v) is 22.8. The van der Waals surface area contributed by atoms with E-state index in [0.717, 1.165) is 57.8 Å². The van der Waals surface area contributed by atoms with Gasteiger partial charge in [0.2, 0.25) is 0 Å². The lowest BCUT2D eigenvalue weighted by atomic mass is 9.36. The van der Waals surface area contributed by atoms with Gasteiger partial charge in [0.25, 0.3) is 0 Å². The number of aliphatic hydroxyl groups is 2. The van der Waals surface area contributed by atoms with Crippen molar-refractivity contribution in [3.63, 3.8) is 0 Å². The van der Waals surface area contributed by atoms with Crippen LogP contribution in [0.5, 0.6) is 0 Å². The third-order valence-corrected chi connectivity index (χ3v) is 12.7. The van der Waals surface area contributed by atoms with Gasteiger partial charge >= 0.3 is 5.97 Å². The van der Waals surface area contributed by atoms with Gasteiger partial charge < -0.3 is 14.9 Å². The van der Waals surface area contributed by atoms with Crippen LogP contribution in [0.25, 0.3) is 0 Å². The number of carbonyl (C=O) groups is 1. The molecule has 0 aromatic heterocycles. The van der Waals surface area contributed by atoms with E-state index in [9.17, 15) is 15.0 Å². The van der Waals surface area contributed by atoms with Crippen LogP contribution in [0.1, 0.15) is 106 Å². The second kappa shape index (κ2) is 7.94. The van der Waals surface area contributed by atoms with E-state index >= 15 is 0 Å². The summed E-state index contributed by atoms with van der Waals surface area (Å²) in [6.45, 7) is 16.2. The van der Waals surface area contributed by atoms with Gasteiger partial charge in [-0.3, -0.25) is 4.79 Å². The van der Waals surface area contributed by atoms with Crippen LogP contribution in [-0.4, -0.2) is 34.5 Å². The molecule has 0 radical (unpaired) electrons. The Morgan fingerprint density at radius 1 is 0.853 bits per heavy atom. The smallest absolute Gasteiger partial charge is 0.309 e. The second-order valence-electron chi connectivity index (χ2n) is 14.9. The summed E-state index contributed by atoms with van der Waals surface area (Å²) >= 11 is 0. The summed E-state index contributed by atoms with van der Waals surface area (Å²) in [6, 6.07) is 0. The van der Waals surface area contributed by atoms with E-state index in [1.54, 1.807) is 0 Å². The average molecular weight is 475 g/mol. The monoisotopic (exact) mass is 474 g/mol. The topological polar surface area (TPSA) is 66.8 Å². The van der Waals surface area contributed by atoms with Crippen molar-refractivity contribution in [2.24, 2.45) is 57.2 Å². The van der Waals surface area contributed by atoms with E-state index in [1.165, 1.54) is 0 Å². The number of cyclic esters (lactones) is 1. The predicted molar refractivity (Wildman–Crippen MR) is 134 cm³/mol. The molecule has 0 aromatic carbocycles. The number of esters is 1. The van der Waals surface area contributed by atoms with Gasteiger partial charge in [-0.05, 0) is 104 Å². The third kappa shape index (κ3) is 3.25. The first-order valence-electron chi connectivity index (χ1n) is 14.3. The molecule has 5 rings (SSSR count). The van der Waals surface area contributed by atoms with E-state index in [-0.39, 0.29) is 51.9 Å². The molecule has 5 unspecified atom stereocenters. The van der Waals surface area contributed by atoms with Gasteiger partial charge in [0.1, 0.15) is 6.10 Å². The first-order valence-corrected chi connectivity index (χ1v) is 14.3. The SMILES string of the molecule is CC(C)C[C@H]1C[C@H]([C@@H]2CCC3C2(C)CCC2[C@@]4(C)CC[C@H](O)C(C)(C)C4CC(O)[C@@]32C)C(=O)O1. The Morgan fingerprint density at radius 3 is 2.18 bits per heavy atom. The number of hydrogen-bond donors (Lipinski definition) is 2. The van der Waals surface area contributed by atoms with Crippen molar-refractivity contribution in [1.82, 2.24) is 0 Å². The number of carbonyl (C=O) groups excluding carboxylic acids is 1. The number of rotatable bonds is 3. The molecule has 1 aliphatic heterocycles. The molecule has 4 aliphatic carbocycles. The summed E-state index contributed by atoms with van der Waals surface area (Å²) in [5.41, 5.74) is -0.0289. The number of hydrogen-bond acceptors (Lipinski definition) is 4. The minimum atomic E-state index is -0.340. The Labute approximate surface area is 207 Å². The van der Waals surface area contributed by atoms with Crippen LogP contribution in [0.2, 0.25) is 0 Å². The van der Waals surface area contributed by atoms with Gasteiger partial charge in [-0.1, -0.05) is 48.5 Å². The lowest BCUT2D eigenvalue weighted by molar-refractivity contribution is -0.250. The number of fused-ring (bicyclic) bond motifs is 5. The Kier molecular flexibility index (Phi) is 5.85. The van der Waals surface area contributed by atoms with Gasteiger partial charge in [0.15, 0.2) is 0 Å². The van der Waals surface area contributed by atoms with Crippen LogP contribution in [-0.2, 0) is 9.53 Å². The molecule has 4 nitrogen and oxygen atoms in total. The highest BCUT2D eigenvalue weighted by atomic mass is 16.6. The van der Waals surface area contributed by atoms with Gasteiger partial charge in [-0.2, -0.15) is 0 Å².